The van der Waals surface area contributed by atoms with Gasteiger partial charge in [-0.1, -0.05) is 12.1 Å². The SMILES string of the molecule is CCNc1nc(Nc2cccc(F)c2F)cc(-c2ccccn2)n1. The first-order chi connectivity index (χ1) is 11.7. The molecule has 0 aliphatic rings. The number of nitrogens with zero attached hydrogens (tertiary/aromatic N) is 3. The van der Waals surface area contributed by atoms with Crippen LogP contribution in [0.25, 0.3) is 11.4 Å². The topological polar surface area (TPSA) is 62.7 Å². The Morgan fingerprint density at radius 2 is 1.88 bits per heavy atom. The van der Waals surface area contributed by atoms with Crippen molar-refractivity contribution in [2.24, 2.45) is 0 Å². The van der Waals surface area contributed by atoms with Crippen molar-refractivity contribution >= 4 is 17.5 Å². The van der Waals surface area contributed by atoms with Crippen LogP contribution in [0, 0.1) is 11.6 Å². The molecule has 7 heteroatoms. The predicted octanol–water partition coefficient (Wildman–Crippen LogP) is 3.99. The molecular weight excluding hydrogens is 312 g/mol. The van der Waals surface area contributed by atoms with Crippen molar-refractivity contribution in [1.29, 1.82) is 0 Å². The Morgan fingerprint density at radius 3 is 2.62 bits per heavy atom. The minimum Gasteiger partial charge on any atom is -0.354 e. The highest BCUT2D eigenvalue weighted by molar-refractivity contribution is 5.65. The first kappa shape index (κ1) is 15.8. The van der Waals surface area contributed by atoms with Gasteiger partial charge in [-0.05, 0) is 31.2 Å². The lowest BCUT2D eigenvalue weighted by Crippen LogP contribution is -2.06. The summed E-state index contributed by atoms with van der Waals surface area (Å²) < 4.78 is 27.2. The third-order valence-electron chi connectivity index (χ3n) is 3.20. The lowest BCUT2D eigenvalue weighted by atomic mass is 10.2. The Balaban J connectivity index is 2.00. The molecule has 0 aliphatic carbocycles. The summed E-state index contributed by atoms with van der Waals surface area (Å²) in [5, 5.41) is 5.80. The second-order valence-corrected chi connectivity index (χ2v) is 4.93. The highest BCUT2D eigenvalue weighted by Gasteiger charge is 2.11. The summed E-state index contributed by atoms with van der Waals surface area (Å²) in [5.74, 6) is -1.17. The molecule has 0 amide bonds. The van der Waals surface area contributed by atoms with Gasteiger partial charge in [0, 0.05) is 18.8 Å². The van der Waals surface area contributed by atoms with Gasteiger partial charge in [0.1, 0.15) is 5.82 Å². The van der Waals surface area contributed by atoms with Crippen molar-refractivity contribution in [1.82, 2.24) is 15.0 Å². The van der Waals surface area contributed by atoms with E-state index in [9.17, 15) is 8.78 Å². The normalized spacial score (nSPS) is 10.5. The highest BCUT2D eigenvalue weighted by atomic mass is 19.2. The molecule has 2 aromatic heterocycles. The van der Waals surface area contributed by atoms with Gasteiger partial charge >= 0.3 is 0 Å². The molecule has 0 bridgehead atoms. The van der Waals surface area contributed by atoms with E-state index in [2.05, 4.69) is 25.6 Å². The van der Waals surface area contributed by atoms with Crippen molar-refractivity contribution in [2.75, 3.05) is 17.2 Å². The molecule has 1 aromatic carbocycles. The van der Waals surface area contributed by atoms with Gasteiger partial charge < -0.3 is 10.6 Å². The van der Waals surface area contributed by atoms with E-state index in [1.807, 2.05) is 19.1 Å². The molecule has 0 radical (unpaired) electrons. The molecule has 0 fully saturated rings. The van der Waals surface area contributed by atoms with E-state index in [0.717, 1.165) is 6.07 Å². The van der Waals surface area contributed by atoms with E-state index in [1.165, 1.54) is 12.1 Å². The summed E-state index contributed by atoms with van der Waals surface area (Å²) in [6, 6.07) is 11.0. The Labute approximate surface area is 137 Å². The zero-order chi connectivity index (χ0) is 16.9. The predicted molar refractivity (Wildman–Crippen MR) is 89.1 cm³/mol. The summed E-state index contributed by atoms with van der Waals surface area (Å²) in [6.07, 6.45) is 1.66. The molecule has 0 saturated heterocycles. The minimum absolute atomic E-state index is 0.00289. The van der Waals surface area contributed by atoms with E-state index in [4.69, 9.17) is 0 Å². The average molecular weight is 327 g/mol. The van der Waals surface area contributed by atoms with Crippen LogP contribution in [-0.2, 0) is 0 Å². The molecule has 2 N–H and O–H groups in total. The van der Waals surface area contributed by atoms with E-state index in [1.54, 1.807) is 18.3 Å². The molecular formula is C17H15F2N5. The minimum atomic E-state index is -0.958. The number of aromatic nitrogens is 3. The van der Waals surface area contributed by atoms with Crippen LogP contribution in [0.5, 0.6) is 0 Å². The Bertz CT molecular complexity index is 840. The molecule has 122 valence electrons. The molecule has 0 unspecified atom stereocenters. The van der Waals surface area contributed by atoms with Gasteiger partial charge in [-0.2, -0.15) is 4.98 Å². The van der Waals surface area contributed by atoms with Crippen molar-refractivity contribution in [3.63, 3.8) is 0 Å². The maximum atomic E-state index is 13.9. The number of anilines is 3. The molecule has 0 saturated carbocycles. The largest absolute Gasteiger partial charge is 0.354 e. The molecule has 5 nitrogen and oxygen atoms in total. The lowest BCUT2D eigenvalue weighted by molar-refractivity contribution is 0.511. The van der Waals surface area contributed by atoms with Crippen molar-refractivity contribution in [3.05, 3.63) is 60.3 Å². The lowest BCUT2D eigenvalue weighted by Gasteiger charge is -2.11. The fourth-order valence-electron chi connectivity index (χ4n) is 2.13. The van der Waals surface area contributed by atoms with Gasteiger partial charge in [-0.25, -0.2) is 13.8 Å². The number of rotatable bonds is 5. The quantitative estimate of drug-likeness (QED) is 0.742. The van der Waals surface area contributed by atoms with Crippen LogP contribution in [0.1, 0.15) is 6.92 Å². The van der Waals surface area contributed by atoms with E-state index >= 15 is 0 Å². The van der Waals surface area contributed by atoms with Crippen LogP contribution < -0.4 is 10.6 Å². The zero-order valence-electron chi connectivity index (χ0n) is 12.9. The second-order valence-electron chi connectivity index (χ2n) is 4.93. The Hall–Kier alpha value is -3.09. The van der Waals surface area contributed by atoms with Gasteiger partial charge in [0.15, 0.2) is 11.6 Å². The summed E-state index contributed by atoms with van der Waals surface area (Å²) in [7, 11) is 0. The second kappa shape index (κ2) is 6.99. The van der Waals surface area contributed by atoms with Crippen LogP contribution in [-0.4, -0.2) is 21.5 Å². The van der Waals surface area contributed by atoms with Gasteiger partial charge in [0.2, 0.25) is 5.95 Å². The molecule has 3 rings (SSSR count). The summed E-state index contributed by atoms with van der Waals surface area (Å²) in [6.45, 7) is 2.54. The number of nitrogens with one attached hydrogen (secondary N) is 2. The third kappa shape index (κ3) is 3.45. The Morgan fingerprint density at radius 1 is 1.00 bits per heavy atom. The molecule has 24 heavy (non-hydrogen) atoms. The van der Waals surface area contributed by atoms with E-state index in [0.29, 0.717) is 29.7 Å². The molecule has 2 heterocycles. The monoisotopic (exact) mass is 327 g/mol. The highest BCUT2D eigenvalue weighted by Crippen LogP contribution is 2.24. The van der Waals surface area contributed by atoms with Crippen LogP contribution >= 0.6 is 0 Å². The fourth-order valence-corrected chi connectivity index (χ4v) is 2.13. The number of pyridine rings is 1. The van der Waals surface area contributed by atoms with E-state index in [-0.39, 0.29) is 5.69 Å². The number of halogens is 2. The van der Waals surface area contributed by atoms with Gasteiger partial charge in [0.05, 0.1) is 17.1 Å². The van der Waals surface area contributed by atoms with Crippen molar-refractivity contribution < 1.29 is 8.78 Å². The summed E-state index contributed by atoms with van der Waals surface area (Å²) in [4.78, 5) is 12.9. The molecule has 0 spiro atoms. The average Bonchev–Trinajstić information content (AvgIpc) is 2.60. The number of hydrogen-bond acceptors (Lipinski definition) is 5. The van der Waals surface area contributed by atoms with Gasteiger partial charge in [0.25, 0.3) is 0 Å². The maximum absolute atomic E-state index is 13.9. The van der Waals surface area contributed by atoms with Crippen LogP contribution in [0.2, 0.25) is 0 Å². The first-order valence-corrected chi connectivity index (χ1v) is 7.42. The third-order valence-corrected chi connectivity index (χ3v) is 3.20. The summed E-state index contributed by atoms with van der Waals surface area (Å²) in [5.41, 5.74) is 1.23. The summed E-state index contributed by atoms with van der Waals surface area (Å²) >= 11 is 0. The number of benzene rings is 1. The molecule has 3 aromatic rings. The maximum Gasteiger partial charge on any atom is 0.225 e. The van der Waals surface area contributed by atoms with Gasteiger partial charge in [-0.15, -0.1) is 0 Å². The smallest absolute Gasteiger partial charge is 0.225 e. The molecule has 0 aliphatic heterocycles. The van der Waals surface area contributed by atoms with E-state index < -0.39 is 11.6 Å². The standard InChI is InChI=1S/C17H15F2N5/c1-2-20-17-23-14(12-7-3-4-9-21-12)10-15(24-17)22-13-8-5-6-11(18)16(13)19/h3-10H,2H2,1H3,(H2,20,22,23,24). The van der Waals surface area contributed by atoms with Crippen LogP contribution in [0.4, 0.5) is 26.2 Å². The van der Waals surface area contributed by atoms with Crippen LogP contribution in [0.15, 0.2) is 48.7 Å². The molecule has 0 atom stereocenters. The fraction of sp³-hybridized carbons (Fsp3) is 0.118. The van der Waals surface area contributed by atoms with Crippen molar-refractivity contribution in [3.8, 4) is 11.4 Å². The zero-order valence-corrected chi connectivity index (χ0v) is 12.9. The van der Waals surface area contributed by atoms with Crippen LogP contribution in [0.3, 0.4) is 0 Å². The van der Waals surface area contributed by atoms with Gasteiger partial charge in [-0.3, -0.25) is 4.98 Å². The first-order valence-electron chi connectivity index (χ1n) is 7.42. The number of hydrogen-bond donors (Lipinski definition) is 2. The van der Waals surface area contributed by atoms with Crippen molar-refractivity contribution in [2.45, 2.75) is 6.92 Å². The Kier molecular flexibility index (Phi) is 4.60.